The lowest BCUT2D eigenvalue weighted by molar-refractivity contribution is -0.137. The topological polar surface area (TPSA) is 140 Å². The van der Waals surface area contributed by atoms with Crippen LogP contribution in [-0.4, -0.2) is 47.8 Å². The molecule has 1 amide bonds. The van der Waals surface area contributed by atoms with E-state index >= 15 is 0 Å². The summed E-state index contributed by atoms with van der Waals surface area (Å²) in [5.41, 5.74) is 2.03. The first kappa shape index (κ1) is 14.4. The van der Waals surface area contributed by atoms with Crippen LogP contribution in [0, 0.1) is 0 Å². The highest BCUT2D eigenvalue weighted by Gasteiger charge is 2.31. The maximum absolute atomic E-state index is 12.0. The summed E-state index contributed by atoms with van der Waals surface area (Å²) in [4.78, 5) is 26.1. The Hall–Kier alpha value is -1.98. The molecular formula is C9H12N4O6S. The molecule has 0 radical (unpaired) electrons. The van der Waals surface area contributed by atoms with Gasteiger partial charge in [-0.05, 0) is 0 Å². The van der Waals surface area contributed by atoms with Gasteiger partial charge in [-0.2, -0.15) is 9.82 Å². The molecule has 1 aliphatic rings. The molecule has 0 saturated carbocycles. The molecule has 1 saturated heterocycles. The number of nitrogens with one attached hydrogen (secondary N) is 2. The van der Waals surface area contributed by atoms with Crippen LogP contribution in [0.2, 0.25) is 0 Å². The van der Waals surface area contributed by atoms with E-state index in [1.54, 1.807) is 0 Å². The third kappa shape index (κ3) is 3.31. The minimum atomic E-state index is -3.92. The van der Waals surface area contributed by atoms with E-state index < -0.39 is 27.9 Å². The Morgan fingerprint density at radius 1 is 1.65 bits per heavy atom. The van der Waals surface area contributed by atoms with E-state index in [1.807, 2.05) is 5.48 Å². The lowest BCUT2D eigenvalue weighted by atomic mass is 10.3. The van der Waals surface area contributed by atoms with Crippen LogP contribution in [0.3, 0.4) is 0 Å². The number of nitrogens with zero attached hydrogens (tertiary/aromatic N) is 2. The Morgan fingerprint density at radius 3 is 3.00 bits per heavy atom. The Bertz CT molecular complexity index is 624. The number of carboxylic acid groups (broad SMARTS) is 1. The molecule has 110 valence electrons. The first-order valence-electron chi connectivity index (χ1n) is 5.57. The predicted octanol–water partition coefficient (Wildman–Crippen LogP) is -1.93. The molecular weight excluding hydrogens is 292 g/mol. The number of hydrogen-bond acceptors (Lipinski definition) is 6. The molecule has 1 atom stereocenters. The van der Waals surface area contributed by atoms with Crippen molar-refractivity contribution in [3.05, 3.63) is 12.4 Å². The van der Waals surface area contributed by atoms with Crippen molar-refractivity contribution in [2.45, 2.75) is 23.9 Å². The van der Waals surface area contributed by atoms with E-state index in [9.17, 15) is 18.0 Å². The highest BCUT2D eigenvalue weighted by molar-refractivity contribution is 7.89. The summed E-state index contributed by atoms with van der Waals surface area (Å²) in [6, 6.07) is -0.998. The number of aliphatic carboxylic acids is 1. The minimum absolute atomic E-state index is 0.0535. The minimum Gasteiger partial charge on any atom is -0.481 e. The molecule has 10 nitrogen and oxygen atoms in total. The molecule has 11 heteroatoms. The fourth-order valence-corrected chi connectivity index (χ4v) is 2.63. The molecule has 1 aromatic rings. The summed E-state index contributed by atoms with van der Waals surface area (Å²) in [7, 11) is -3.92. The third-order valence-corrected chi connectivity index (χ3v) is 3.94. The number of hydrogen-bond donors (Lipinski definition) is 3. The molecule has 2 rings (SSSR count). The number of sulfonamides is 1. The van der Waals surface area contributed by atoms with Crippen LogP contribution in [0.1, 0.15) is 6.42 Å². The zero-order valence-corrected chi connectivity index (χ0v) is 11.0. The molecule has 0 unspecified atom stereocenters. The molecule has 2 heterocycles. The van der Waals surface area contributed by atoms with Gasteiger partial charge in [-0.15, -0.1) is 0 Å². The maximum atomic E-state index is 12.0. The fraction of sp³-hybridized carbons (Fsp3) is 0.444. The lowest BCUT2D eigenvalue weighted by Crippen LogP contribution is -2.41. The van der Waals surface area contributed by atoms with Crippen LogP contribution in [0.25, 0.3) is 0 Å². The second kappa shape index (κ2) is 5.56. The van der Waals surface area contributed by atoms with Gasteiger partial charge in [-0.1, -0.05) is 0 Å². The predicted molar refractivity (Wildman–Crippen MR) is 62.7 cm³/mol. The smallest absolute Gasteiger partial charge is 0.305 e. The van der Waals surface area contributed by atoms with Crippen molar-refractivity contribution in [1.82, 2.24) is 20.0 Å². The summed E-state index contributed by atoms with van der Waals surface area (Å²) in [6.07, 6.45) is 2.10. The summed E-state index contributed by atoms with van der Waals surface area (Å²) in [5, 5.41) is 12.3. The van der Waals surface area contributed by atoms with Gasteiger partial charge in [-0.25, -0.2) is 13.9 Å². The van der Waals surface area contributed by atoms with Gasteiger partial charge < -0.3 is 5.11 Å². The van der Waals surface area contributed by atoms with Gasteiger partial charge in [0.25, 0.3) is 5.91 Å². The summed E-state index contributed by atoms with van der Waals surface area (Å²) < 4.78 is 27.3. The highest BCUT2D eigenvalue weighted by Crippen LogP contribution is 2.09. The number of carbonyl (C=O) groups is 2. The quantitative estimate of drug-likeness (QED) is 0.555. The molecule has 0 aliphatic carbocycles. The number of carboxylic acids is 1. The van der Waals surface area contributed by atoms with E-state index in [0.717, 1.165) is 6.20 Å². The van der Waals surface area contributed by atoms with Crippen LogP contribution >= 0.6 is 0 Å². The Labute approximate surface area is 113 Å². The largest absolute Gasteiger partial charge is 0.481 e. The fourth-order valence-electron chi connectivity index (χ4n) is 1.50. The molecule has 0 bridgehead atoms. The second-order valence-corrected chi connectivity index (χ2v) is 5.75. The number of carbonyl (C=O) groups excluding carboxylic acids is 1. The van der Waals surface area contributed by atoms with Gasteiger partial charge in [0.2, 0.25) is 10.0 Å². The number of aryl methyl sites for hydroxylation is 1. The average molecular weight is 304 g/mol. The van der Waals surface area contributed by atoms with E-state index in [0.29, 0.717) is 0 Å². The Morgan fingerprint density at radius 2 is 2.40 bits per heavy atom. The van der Waals surface area contributed by atoms with Crippen LogP contribution in [0.4, 0.5) is 0 Å². The van der Waals surface area contributed by atoms with E-state index in [2.05, 4.69) is 14.7 Å². The zero-order valence-electron chi connectivity index (χ0n) is 10.1. The molecule has 3 N–H and O–H groups in total. The van der Waals surface area contributed by atoms with Gasteiger partial charge >= 0.3 is 5.97 Å². The standard InChI is InChI=1S/C9H12N4O6S/c14-8(15)1-2-13-4-6(3-10-13)20(17,18)12-7-5-19-11-9(7)16/h3-4,7,12H,1-2,5H2,(H,11,16)(H,14,15)/t7-/m1/s1. The lowest BCUT2D eigenvalue weighted by Gasteiger charge is -2.07. The van der Waals surface area contributed by atoms with Crippen molar-refractivity contribution >= 4 is 21.9 Å². The number of aromatic nitrogens is 2. The van der Waals surface area contributed by atoms with Crippen molar-refractivity contribution in [3.63, 3.8) is 0 Å². The summed E-state index contributed by atoms with van der Waals surface area (Å²) >= 11 is 0. The van der Waals surface area contributed by atoms with Gasteiger partial charge in [0, 0.05) is 6.20 Å². The highest BCUT2D eigenvalue weighted by atomic mass is 32.2. The second-order valence-electron chi connectivity index (χ2n) is 4.03. The van der Waals surface area contributed by atoms with Crippen LogP contribution in [-0.2, 0) is 31.0 Å². The van der Waals surface area contributed by atoms with Crippen molar-refractivity contribution in [1.29, 1.82) is 0 Å². The Kier molecular flexibility index (Phi) is 4.01. The van der Waals surface area contributed by atoms with E-state index in [4.69, 9.17) is 5.11 Å². The summed E-state index contributed by atoms with van der Waals surface area (Å²) in [5.74, 6) is -1.59. The first-order valence-corrected chi connectivity index (χ1v) is 7.05. The van der Waals surface area contributed by atoms with Crippen molar-refractivity contribution < 1.29 is 28.0 Å². The van der Waals surface area contributed by atoms with Gasteiger partial charge in [-0.3, -0.25) is 19.1 Å². The van der Waals surface area contributed by atoms with E-state index in [-0.39, 0.29) is 24.5 Å². The Balaban J connectivity index is 2.05. The molecule has 1 aliphatic heterocycles. The number of rotatable bonds is 6. The normalized spacial score (nSPS) is 19.0. The van der Waals surface area contributed by atoms with Crippen molar-refractivity contribution in [3.8, 4) is 0 Å². The summed E-state index contributed by atoms with van der Waals surface area (Å²) in [6.45, 7) is -0.0525. The first-order chi connectivity index (χ1) is 9.38. The molecule has 1 aromatic heterocycles. The average Bonchev–Trinajstić information content (AvgIpc) is 2.97. The van der Waals surface area contributed by atoms with E-state index in [1.165, 1.54) is 10.9 Å². The monoisotopic (exact) mass is 304 g/mol. The zero-order chi connectivity index (χ0) is 14.8. The van der Waals surface area contributed by atoms with Crippen LogP contribution < -0.4 is 10.2 Å². The molecule has 0 aromatic carbocycles. The van der Waals surface area contributed by atoms with Crippen LogP contribution in [0.15, 0.2) is 17.3 Å². The SMILES string of the molecule is O=C(O)CCn1cc(S(=O)(=O)N[C@@H]2CONC2=O)cn1. The van der Waals surface area contributed by atoms with Gasteiger partial charge in [0.05, 0.1) is 19.2 Å². The van der Waals surface area contributed by atoms with Crippen molar-refractivity contribution in [2.75, 3.05) is 6.61 Å². The number of hydroxylamine groups is 1. The molecule has 0 spiro atoms. The number of amides is 1. The van der Waals surface area contributed by atoms with Crippen molar-refractivity contribution in [2.24, 2.45) is 0 Å². The maximum Gasteiger partial charge on any atom is 0.305 e. The molecule has 20 heavy (non-hydrogen) atoms. The van der Waals surface area contributed by atoms with Crippen LogP contribution in [0.5, 0.6) is 0 Å². The molecule has 1 fully saturated rings. The van der Waals surface area contributed by atoms with Gasteiger partial charge in [0.15, 0.2) is 0 Å². The van der Waals surface area contributed by atoms with Gasteiger partial charge in [0.1, 0.15) is 17.5 Å². The third-order valence-electron chi connectivity index (χ3n) is 2.51.